The maximum atomic E-state index is 12.5. The minimum absolute atomic E-state index is 0.0651. The molecule has 0 unspecified atom stereocenters. The average Bonchev–Trinajstić information content (AvgIpc) is 3.68. The Morgan fingerprint density at radius 1 is 0.673 bits per heavy atom. The molecule has 2 aliphatic rings. The first-order valence-electron chi connectivity index (χ1n) is 17.3. The lowest BCUT2D eigenvalue weighted by Crippen LogP contribution is -2.15. The van der Waals surface area contributed by atoms with Gasteiger partial charge in [-0.1, -0.05) is 27.7 Å². The molecule has 49 heavy (non-hydrogen) atoms. The van der Waals surface area contributed by atoms with Crippen LogP contribution in [0.2, 0.25) is 0 Å². The number of hydrogen-bond acceptors (Lipinski definition) is 6. The van der Waals surface area contributed by atoms with E-state index in [9.17, 15) is 19.2 Å². The maximum Gasteiger partial charge on any atom is 0.302 e. The summed E-state index contributed by atoms with van der Waals surface area (Å²) >= 11 is 0. The predicted octanol–water partition coefficient (Wildman–Crippen LogP) is 7.06. The van der Waals surface area contributed by atoms with Crippen LogP contribution in [0, 0.1) is 13.8 Å². The van der Waals surface area contributed by atoms with Crippen LogP contribution in [0.4, 0.5) is 0 Å². The van der Waals surface area contributed by atoms with Crippen LogP contribution in [-0.2, 0) is 35.1 Å². The van der Waals surface area contributed by atoms with Crippen LogP contribution in [0.15, 0.2) is 33.7 Å². The number of rotatable bonds is 14. The molecule has 0 aliphatic carbocycles. The van der Waals surface area contributed by atoms with Crippen molar-refractivity contribution < 1.29 is 28.7 Å². The van der Waals surface area contributed by atoms with Gasteiger partial charge in [0.2, 0.25) is 0 Å². The monoisotopic (exact) mass is 672 g/mol. The van der Waals surface area contributed by atoms with Gasteiger partial charge in [0.05, 0.1) is 13.2 Å². The van der Waals surface area contributed by atoms with Gasteiger partial charge in [0.15, 0.2) is 0 Å². The van der Waals surface area contributed by atoms with Crippen molar-refractivity contribution in [2.75, 3.05) is 13.2 Å². The SMILES string of the molecule is CCC1=C(C)C(=O)N/C1=C\c1[nH]c(Cc2[nH]c(/C=C3\NC(=O)C(C)=C3CC)c(C)c2[C@@H](C)CCOC(C)=O)c([C@@H](C)CCOC(C)=O)c1C. The Morgan fingerprint density at radius 3 is 1.37 bits per heavy atom. The number of hydrogen-bond donors (Lipinski definition) is 4. The van der Waals surface area contributed by atoms with E-state index in [0.717, 1.165) is 91.6 Å². The summed E-state index contributed by atoms with van der Waals surface area (Å²) in [6.45, 7) is 19.7. The second-order valence-corrected chi connectivity index (χ2v) is 13.3. The molecule has 0 radical (unpaired) electrons. The number of esters is 2. The third-order valence-corrected chi connectivity index (χ3v) is 9.91. The molecule has 4 rings (SSSR count). The third kappa shape index (κ3) is 8.17. The van der Waals surface area contributed by atoms with Crippen LogP contribution >= 0.6 is 0 Å². The number of allylic oxidation sites excluding steroid dienone is 2. The molecule has 2 aliphatic heterocycles. The van der Waals surface area contributed by atoms with Gasteiger partial charge in [-0.05, 0) is 111 Å². The van der Waals surface area contributed by atoms with E-state index in [1.165, 1.54) is 13.8 Å². The second kappa shape index (κ2) is 15.7. The second-order valence-electron chi connectivity index (χ2n) is 13.3. The number of carbonyl (C=O) groups excluding carboxylic acids is 4. The van der Waals surface area contributed by atoms with E-state index in [-0.39, 0.29) is 35.6 Å². The molecule has 10 heteroatoms. The lowest BCUT2D eigenvalue weighted by atomic mass is 9.89. The molecule has 0 spiro atoms. The van der Waals surface area contributed by atoms with E-state index in [4.69, 9.17) is 9.47 Å². The van der Waals surface area contributed by atoms with Gasteiger partial charge in [-0.15, -0.1) is 0 Å². The fourth-order valence-corrected chi connectivity index (χ4v) is 7.22. The summed E-state index contributed by atoms with van der Waals surface area (Å²) in [5.74, 6) is -0.632. The molecule has 0 bridgehead atoms. The van der Waals surface area contributed by atoms with Crippen molar-refractivity contribution in [2.45, 2.75) is 113 Å². The molecule has 4 N–H and O–H groups in total. The third-order valence-electron chi connectivity index (χ3n) is 9.91. The quantitative estimate of drug-likeness (QED) is 0.158. The van der Waals surface area contributed by atoms with Crippen molar-refractivity contribution in [3.63, 3.8) is 0 Å². The van der Waals surface area contributed by atoms with E-state index in [2.05, 4.69) is 48.3 Å². The van der Waals surface area contributed by atoms with Crippen LogP contribution < -0.4 is 10.6 Å². The topological polar surface area (TPSA) is 142 Å². The Labute approximate surface area is 289 Å². The first-order valence-corrected chi connectivity index (χ1v) is 17.3. The first kappa shape index (κ1) is 37.2. The molecule has 0 fully saturated rings. The van der Waals surface area contributed by atoms with Crippen LogP contribution in [-0.4, -0.2) is 46.9 Å². The van der Waals surface area contributed by atoms with E-state index < -0.39 is 0 Å². The highest BCUT2D eigenvalue weighted by Crippen LogP contribution is 2.37. The largest absolute Gasteiger partial charge is 0.466 e. The number of aromatic amines is 2. The van der Waals surface area contributed by atoms with Crippen LogP contribution in [0.25, 0.3) is 12.2 Å². The fourth-order valence-electron chi connectivity index (χ4n) is 7.22. The predicted molar refractivity (Wildman–Crippen MR) is 191 cm³/mol. The highest BCUT2D eigenvalue weighted by Gasteiger charge is 2.28. The number of carbonyl (C=O) groups is 4. The summed E-state index contributed by atoms with van der Waals surface area (Å²) in [5.41, 5.74) is 13.4. The van der Waals surface area contributed by atoms with Gasteiger partial charge in [-0.2, -0.15) is 0 Å². The molecule has 2 aromatic rings. The minimum Gasteiger partial charge on any atom is -0.466 e. The zero-order chi connectivity index (χ0) is 36.2. The Balaban J connectivity index is 1.83. The first-order chi connectivity index (χ1) is 23.2. The lowest BCUT2D eigenvalue weighted by Gasteiger charge is -2.17. The van der Waals surface area contributed by atoms with Crippen molar-refractivity contribution in [1.29, 1.82) is 0 Å². The van der Waals surface area contributed by atoms with Crippen LogP contribution in [0.1, 0.15) is 138 Å². The van der Waals surface area contributed by atoms with E-state index in [1.807, 2.05) is 39.8 Å². The Kier molecular flexibility index (Phi) is 12.0. The molecule has 10 nitrogen and oxygen atoms in total. The van der Waals surface area contributed by atoms with Gasteiger partial charge in [-0.25, -0.2) is 0 Å². The molecule has 0 saturated carbocycles. The Hall–Kier alpha value is -4.60. The molecule has 0 aromatic carbocycles. The normalized spacial score (nSPS) is 17.7. The molecule has 2 amide bonds. The molecule has 264 valence electrons. The van der Waals surface area contributed by atoms with Crippen molar-refractivity contribution in [2.24, 2.45) is 0 Å². The molecular weight excluding hydrogens is 620 g/mol. The number of ether oxygens (including phenoxy) is 2. The van der Waals surface area contributed by atoms with E-state index >= 15 is 0 Å². The van der Waals surface area contributed by atoms with Gasteiger partial charge in [-0.3, -0.25) is 19.2 Å². The lowest BCUT2D eigenvalue weighted by molar-refractivity contribution is -0.142. The Morgan fingerprint density at radius 2 is 1.04 bits per heavy atom. The molecule has 0 saturated heterocycles. The summed E-state index contributed by atoms with van der Waals surface area (Å²) < 4.78 is 10.6. The number of H-pyrrole nitrogens is 2. The number of amides is 2. The summed E-state index contributed by atoms with van der Waals surface area (Å²) in [5, 5.41) is 6.07. The minimum atomic E-state index is -0.305. The van der Waals surface area contributed by atoms with E-state index in [1.54, 1.807) is 0 Å². The van der Waals surface area contributed by atoms with Gasteiger partial charge in [0, 0.05) is 65.6 Å². The van der Waals surface area contributed by atoms with E-state index in [0.29, 0.717) is 32.5 Å². The average molecular weight is 673 g/mol. The van der Waals surface area contributed by atoms with Gasteiger partial charge < -0.3 is 30.1 Å². The number of nitrogens with one attached hydrogen (secondary N) is 4. The molecule has 2 atom stereocenters. The van der Waals surface area contributed by atoms with Gasteiger partial charge in [0.25, 0.3) is 11.8 Å². The summed E-state index contributed by atoms with van der Waals surface area (Å²) in [6.07, 6.45) is 7.37. The number of aromatic nitrogens is 2. The zero-order valence-corrected chi connectivity index (χ0v) is 30.7. The summed E-state index contributed by atoms with van der Waals surface area (Å²) in [4.78, 5) is 55.6. The molecular formula is C39H52N4O6. The van der Waals surface area contributed by atoms with Crippen molar-refractivity contribution in [3.8, 4) is 0 Å². The summed E-state index contributed by atoms with van der Waals surface area (Å²) in [7, 11) is 0. The highest BCUT2D eigenvalue weighted by atomic mass is 16.5. The standard InChI is InChI=1S/C39H52N4O6/c1-11-28-22(5)38(46)42-32(28)17-30-24(7)36(20(3)13-15-48-26(9)44)34(40-30)19-35-37(21(4)14-16-49-27(10)45)25(8)31(41-35)18-33-29(12-2)23(6)39(47)43-33/h17-18,20-21,40-41H,11-16,19H2,1-10H3,(H,42,46)(H,43,47)/b32-17-,33-18-/t20-,21-/m0/s1. The van der Waals surface area contributed by atoms with Crippen LogP contribution in [0.5, 0.6) is 0 Å². The highest BCUT2D eigenvalue weighted by molar-refractivity contribution is 6.01. The Bertz CT molecular complexity index is 1650. The molecule has 2 aromatic heterocycles. The smallest absolute Gasteiger partial charge is 0.302 e. The van der Waals surface area contributed by atoms with Gasteiger partial charge in [0.1, 0.15) is 0 Å². The summed E-state index contributed by atoms with van der Waals surface area (Å²) in [6, 6.07) is 0. The zero-order valence-electron chi connectivity index (χ0n) is 30.7. The fraction of sp³-hybridized carbons (Fsp3) is 0.487. The van der Waals surface area contributed by atoms with Gasteiger partial charge >= 0.3 is 11.9 Å². The van der Waals surface area contributed by atoms with Crippen LogP contribution in [0.3, 0.4) is 0 Å². The van der Waals surface area contributed by atoms with Crippen molar-refractivity contribution in [1.82, 2.24) is 20.6 Å². The van der Waals surface area contributed by atoms with Crippen molar-refractivity contribution >= 4 is 35.9 Å². The van der Waals surface area contributed by atoms with Crippen molar-refractivity contribution in [3.05, 3.63) is 78.7 Å². The maximum absolute atomic E-state index is 12.5. The molecule has 4 heterocycles.